The molecule has 0 spiro atoms. The normalized spacial score (nSPS) is 12.6. The monoisotopic (exact) mass is 516 g/mol. The number of rotatable bonds is 9. The Morgan fingerprint density at radius 3 is 2.51 bits per heavy atom. The molecule has 0 aliphatic carbocycles. The Hall–Kier alpha value is -3.43. The number of carbonyl (C=O) groups is 1. The minimum atomic E-state index is -4.03. The van der Waals surface area contributed by atoms with Crippen LogP contribution < -0.4 is 23.8 Å². The van der Waals surface area contributed by atoms with Crippen molar-refractivity contribution in [3.8, 4) is 17.2 Å². The van der Waals surface area contributed by atoms with E-state index in [9.17, 15) is 13.2 Å². The van der Waals surface area contributed by atoms with Crippen LogP contribution in [-0.2, 0) is 14.8 Å². The molecule has 0 saturated heterocycles. The predicted molar refractivity (Wildman–Crippen MR) is 133 cm³/mol. The maximum Gasteiger partial charge on any atom is 0.264 e. The van der Waals surface area contributed by atoms with E-state index in [-0.39, 0.29) is 18.0 Å². The average Bonchev–Trinajstić information content (AvgIpc) is 2.87. The number of hydrogen-bond acceptors (Lipinski definition) is 6. The van der Waals surface area contributed by atoms with Gasteiger partial charge in [-0.05, 0) is 48.9 Å². The summed E-state index contributed by atoms with van der Waals surface area (Å²) in [7, 11) is -4.03. The molecule has 0 radical (unpaired) electrons. The second-order valence-electron chi connectivity index (χ2n) is 7.76. The number of carbonyl (C=O) groups excluding carboxylic acids is 1. The molecule has 1 aliphatic rings. The van der Waals surface area contributed by atoms with Gasteiger partial charge in [-0.2, -0.15) is 0 Å². The largest absolute Gasteiger partial charge is 0.492 e. The molecule has 1 heterocycles. The molecule has 1 aliphatic heterocycles. The SMILES string of the molecule is Cc1ccc(OCCNC(=O)CN(c2ccc3c(c2)OCCO3)S(=O)(=O)c2ccccc2)cc1Cl. The van der Waals surface area contributed by atoms with Crippen molar-refractivity contribution in [2.75, 3.05) is 37.2 Å². The number of ether oxygens (including phenoxy) is 3. The molecule has 1 amide bonds. The van der Waals surface area contributed by atoms with Crippen molar-refractivity contribution in [3.63, 3.8) is 0 Å². The van der Waals surface area contributed by atoms with E-state index in [4.69, 9.17) is 25.8 Å². The van der Waals surface area contributed by atoms with E-state index in [0.717, 1.165) is 9.87 Å². The minimum Gasteiger partial charge on any atom is -0.492 e. The van der Waals surface area contributed by atoms with Crippen molar-refractivity contribution in [2.45, 2.75) is 11.8 Å². The number of aryl methyl sites for hydroxylation is 1. The molecular weight excluding hydrogens is 492 g/mol. The lowest BCUT2D eigenvalue weighted by Gasteiger charge is -2.26. The third-order valence-electron chi connectivity index (χ3n) is 5.27. The zero-order valence-electron chi connectivity index (χ0n) is 19.1. The number of sulfonamides is 1. The average molecular weight is 517 g/mol. The third kappa shape index (κ3) is 5.98. The molecule has 35 heavy (non-hydrogen) atoms. The fraction of sp³-hybridized carbons (Fsp3) is 0.240. The van der Waals surface area contributed by atoms with Crippen LogP contribution in [0.5, 0.6) is 17.2 Å². The zero-order chi connectivity index (χ0) is 24.8. The second-order valence-corrected chi connectivity index (χ2v) is 10.0. The summed E-state index contributed by atoms with van der Waals surface area (Å²) in [5.41, 5.74) is 1.23. The summed E-state index contributed by atoms with van der Waals surface area (Å²) in [6.45, 7) is 2.62. The summed E-state index contributed by atoms with van der Waals surface area (Å²) in [6, 6.07) is 18.1. The molecule has 0 atom stereocenters. The molecule has 0 aromatic heterocycles. The maximum absolute atomic E-state index is 13.4. The lowest BCUT2D eigenvalue weighted by molar-refractivity contribution is -0.119. The molecule has 0 fully saturated rings. The van der Waals surface area contributed by atoms with Crippen molar-refractivity contribution in [2.24, 2.45) is 0 Å². The summed E-state index contributed by atoms with van der Waals surface area (Å²) in [5, 5.41) is 3.30. The van der Waals surface area contributed by atoms with E-state index in [1.54, 1.807) is 48.5 Å². The van der Waals surface area contributed by atoms with Crippen LogP contribution in [-0.4, -0.2) is 47.2 Å². The quantitative estimate of drug-likeness (QED) is 0.435. The van der Waals surface area contributed by atoms with Gasteiger partial charge in [0.2, 0.25) is 5.91 Å². The van der Waals surface area contributed by atoms with Crippen LogP contribution in [0.4, 0.5) is 5.69 Å². The van der Waals surface area contributed by atoms with Crippen LogP contribution in [0.3, 0.4) is 0 Å². The molecule has 4 rings (SSSR count). The topological polar surface area (TPSA) is 94.2 Å². The Bertz CT molecular complexity index is 1300. The number of benzene rings is 3. The number of hydrogen-bond donors (Lipinski definition) is 1. The van der Waals surface area contributed by atoms with Gasteiger partial charge in [-0.1, -0.05) is 35.9 Å². The maximum atomic E-state index is 13.4. The number of fused-ring (bicyclic) bond motifs is 1. The zero-order valence-corrected chi connectivity index (χ0v) is 20.6. The van der Waals surface area contributed by atoms with Gasteiger partial charge in [0.1, 0.15) is 32.1 Å². The first-order valence-corrected chi connectivity index (χ1v) is 12.8. The Morgan fingerprint density at radius 1 is 1.03 bits per heavy atom. The predicted octanol–water partition coefficient (Wildman–Crippen LogP) is 3.81. The Balaban J connectivity index is 1.47. The molecule has 184 valence electrons. The number of amides is 1. The van der Waals surface area contributed by atoms with Gasteiger partial charge < -0.3 is 19.5 Å². The van der Waals surface area contributed by atoms with Crippen molar-refractivity contribution in [1.29, 1.82) is 0 Å². The highest BCUT2D eigenvalue weighted by Gasteiger charge is 2.28. The molecule has 3 aromatic rings. The van der Waals surface area contributed by atoms with Gasteiger partial charge in [0.05, 0.1) is 17.1 Å². The van der Waals surface area contributed by atoms with Gasteiger partial charge in [-0.25, -0.2) is 8.42 Å². The summed E-state index contributed by atoms with van der Waals surface area (Å²) in [5.74, 6) is 1.05. The van der Waals surface area contributed by atoms with Crippen molar-refractivity contribution < 1.29 is 27.4 Å². The molecule has 0 unspecified atom stereocenters. The highest BCUT2D eigenvalue weighted by Crippen LogP contribution is 2.35. The lowest BCUT2D eigenvalue weighted by Crippen LogP contribution is -2.42. The van der Waals surface area contributed by atoms with Crippen LogP contribution in [0, 0.1) is 6.92 Å². The summed E-state index contributed by atoms with van der Waals surface area (Å²) >= 11 is 6.10. The van der Waals surface area contributed by atoms with Gasteiger partial charge in [0, 0.05) is 11.1 Å². The van der Waals surface area contributed by atoms with E-state index in [1.165, 1.54) is 12.1 Å². The third-order valence-corrected chi connectivity index (χ3v) is 7.46. The van der Waals surface area contributed by atoms with E-state index in [0.29, 0.717) is 41.2 Å². The Morgan fingerprint density at radius 2 is 1.77 bits per heavy atom. The van der Waals surface area contributed by atoms with Crippen LogP contribution in [0.2, 0.25) is 5.02 Å². The van der Waals surface area contributed by atoms with E-state index in [2.05, 4.69) is 5.32 Å². The minimum absolute atomic E-state index is 0.0715. The molecule has 0 saturated carbocycles. The highest BCUT2D eigenvalue weighted by molar-refractivity contribution is 7.92. The van der Waals surface area contributed by atoms with Crippen molar-refractivity contribution >= 4 is 33.2 Å². The van der Waals surface area contributed by atoms with Crippen LogP contribution in [0.15, 0.2) is 71.6 Å². The highest BCUT2D eigenvalue weighted by atomic mass is 35.5. The molecule has 1 N–H and O–H groups in total. The van der Waals surface area contributed by atoms with E-state index >= 15 is 0 Å². The second kappa shape index (κ2) is 10.9. The van der Waals surface area contributed by atoms with Crippen LogP contribution >= 0.6 is 11.6 Å². The van der Waals surface area contributed by atoms with Gasteiger partial charge in [0.15, 0.2) is 11.5 Å². The van der Waals surface area contributed by atoms with Crippen molar-refractivity contribution in [3.05, 3.63) is 77.3 Å². The number of halogens is 1. The summed E-state index contributed by atoms with van der Waals surface area (Å²) in [4.78, 5) is 12.8. The standard InChI is InChI=1S/C25H25ClN2O6S/c1-18-7-9-20(16-22(18)26)32-12-11-27-25(29)17-28(35(30,31)21-5-3-2-4-6-21)19-8-10-23-24(15-19)34-14-13-33-23/h2-10,15-16H,11-14,17H2,1H3,(H,27,29). The Labute approximate surface area is 209 Å². The van der Waals surface area contributed by atoms with E-state index < -0.39 is 22.5 Å². The molecule has 10 heteroatoms. The van der Waals surface area contributed by atoms with Crippen LogP contribution in [0.1, 0.15) is 5.56 Å². The van der Waals surface area contributed by atoms with Crippen LogP contribution in [0.25, 0.3) is 0 Å². The van der Waals surface area contributed by atoms with Gasteiger partial charge in [-0.3, -0.25) is 9.10 Å². The number of nitrogens with zero attached hydrogens (tertiary/aromatic N) is 1. The first-order valence-electron chi connectivity index (χ1n) is 11.0. The fourth-order valence-corrected chi connectivity index (χ4v) is 5.04. The smallest absolute Gasteiger partial charge is 0.264 e. The molecular formula is C25H25ClN2O6S. The molecule has 8 nitrogen and oxygen atoms in total. The lowest BCUT2D eigenvalue weighted by atomic mass is 10.2. The fourth-order valence-electron chi connectivity index (χ4n) is 3.43. The van der Waals surface area contributed by atoms with Gasteiger partial charge >= 0.3 is 0 Å². The summed E-state index contributed by atoms with van der Waals surface area (Å²) < 4.78 is 44.7. The van der Waals surface area contributed by atoms with Gasteiger partial charge in [0.25, 0.3) is 10.0 Å². The Kier molecular flexibility index (Phi) is 7.67. The first-order chi connectivity index (χ1) is 16.8. The number of nitrogens with one attached hydrogen (secondary N) is 1. The molecule has 0 bridgehead atoms. The summed E-state index contributed by atoms with van der Waals surface area (Å²) in [6.07, 6.45) is 0. The first kappa shape index (κ1) is 24.7. The van der Waals surface area contributed by atoms with Gasteiger partial charge in [-0.15, -0.1) is 0 Å². The van der Waals surface area contributed by atoms with E-state index in [1.807, 2.05) is 13.0 Å². The van der Waals surface area contributed by atoms with Crippen molar-refractivity contribution in [1.82, 2.24) is 5.32 Å². The molecule has 3 aromatic carbocycles. The number of anilines is 1.